The van der Waals surface area contributed by atoms with Gasteiger partial charge in [0.05, 0.1) is 31.9 Å². The van der Waals surface area contributed by atoms with Gasteiger partial charge in [-0.1, -0.05) is 11.2 Å². The Hall–Kier alpha value is -4.27. The lowest BCUT2D eigenvalue weighted by Gasteiger charge is -2.23. The van der Waals surface area contributed by atoms with Crippen molar-refractivity contribution in [2.24, 2.45) is 0 Å². The van der Waals surface area contributed by atoms with Gasteiger partial charge < -0.3 is 23.8 Å². The SMILES string of the molecule is COc1ccc([C@@H]2/C(=C(\O)c3ccc(OC(C)C)cc3)C(=O)C(=O)N2c2cc(C)on2)cc1OC. The first-order valence-corrected chi connectivity index (χ1v) is 11.0. The summed E-state index contributed by atoms with van der Waals surface area (Å²) in [6.45, 7) is 5.49. The minimum Gasteiger partial charge on any atom is -0.507 e. The molecule has 0 radical (unpaired) electrons. The lowest BCUT2D eigenvalue weighted by Crippen LogP contribution is -2.29. The summed E-state index contributed by atoms with van der Waals surface area (Å²) < 4.78 is 21.6. The summed E-state index contributed by atoms with van der Waals surface area (Å²) in [5.74, 6) is 0.129. The zero-order valence-corrected chi connectivity index (χ0v) is 20.1. The van der Waals surface area contributed by atoms with Gasteiger partial charge in [0, 0.05) is 11.6 Å². The van der Waals surface area contributed by atoms with Crippen molar-refractivity contribution >= 4 is 23.3 Å². The molecule has 1 aromatic heterocycles. The van der Waals surface area contributed by atoms with Gasteiger partial charge in [-0.25, -0.2) is 0 Å². The van der Waals surface area contributed by atoms with E-state index in [1.54, 1.807) is 55.5 Å². The van der Waals surface area contributed by atoms with Crippen molar-refractivity contribution in [2.45, 2.75) is 32.9 Å². The number of rotatable bonds is 7. The number of anilines is 1. The molecular weight excluding hydrogens is 452 g/mol. The summed E-state index contributed by atoms with van der Waals surface area (Å²) in [6, 6.07) is 12.2. The molecule has 1 aliphatic rings. The number of nitrogens with zero attached hydrogens (tertiary/aromatic N) is 2. The van der Waals surface area contributed by atoms with Gasteiger partial charge in [0.1, 0.15) is 17.3 Å². The number of amides is 1. The monoisotopic (exact) mass is 478 g/mol. The molecule has 4 rings (SSSR count). The zero-order chi connectivity index (χ0) is 25.3. The Morgan fingerprint density at radius 1 is 1.03 bits per heavy atom. The van der Waals surface area contributed by atoms with Crippen molar-refractivity contribution in [3.05, 3.63) is 71.0 Å². The Labute approximate surface area is 202 Å². The fraction of sp³-hybridized carbons (Fsp3) is 0.269. The molecule has 0 aliphatic carbocycles. The second kappa shape index (κ2) is 9.54. The first-order chi connectivity index (χ1) is 16.7. The molecule has 3 aromatic rings. The highest BCUT2D eigenvalue weighted by Crippen LogP contribution is 2.44. The molecule has 9 heteroatoms. The molecule has 0 bridgehead atoms. The summed E-state index contributed by atoms with van der Waals surface area (Å²) in [6.07, 6.45) is -0.0178. The number of hydrogen-bond acceptors (Lipinski definition) is 8. The quantitative estimate of drug-likeness (QED) is 0.302. The molecule has 1 amide bonds. The fourth-order valence-electron chi connectivity index (χ4n) is 3.99. The van der Waals surface area contributed by atoms with Crippen molar-refractivity contribution in [1.29, 1.82) is 0 Å². The summed E-state index contributed by atoms with van der Waals surface area (Å²) in [5, 5.41) is 15.2. The third-order valence-electron chi connectivity index (χ3n) is 5.53. The molecule has 9 nitrogen and oxygen atoms in total. The number of aryl methyl sites for hydroxylation is 1. The van der Waals surface area contributed by atoms with Crippen LogP contribution in [0.5, 0.6) is 17.2 Å². The lowest BCUT2D eigenvalue weighted by molar-refractivity contribution is -0.132. The smallest absolute Gasteiger partial charge is 0.301 e. The number of methoxy groups -OCH3 is 2. The van der Waals surface area contributed by atoms with Crippen LogP contribution in [0, 0.1) is 6.92 Å². The normalized spacial score (nSPS) is 17.2. The summed E-state index contributed by atoms with van der Waals surface area (Å²) in [4.78, 5) is 27.6. The van der Waals surface area contributed by atoms with E-state index in [0.29, 0.717) is 34.1 Å². The number of ether oxygens (including phenoxy) is 3. The number of hydrogen-bond donors (Lipinski definition) is 1. The Kier molecular flexibility index (Phi) is 6.50. The van der Waals surface area contributed by atoms with Crippen LogP contribution < -0.4 is 19.1 Å². The number of ketones is 1. The predicted molar refractivity (Wildman–Crippen MR) is 128 cm³/mol. The van der Waals surface area contributed by atoms with Crippen LogP contribution in [0.4, 0.5) is 5.82 Å². The van der Waals surface area contributed by atoms with Crippen LogP contribution in [-0.2, 0) is 9.59 Å². The van der Waals surface area contributed by atoms with Gasteiger partial charge in [-0.05, 0) is 62.7 Å². The van der Waals surface area contributed by atoms with Crippen LogP contribution in [0.1, 0.15) is 36.8 Å². The van der Waals surface area contributed by atoms with Crippen LogP contribution in [-0.4, -0.2) is 42.3 Å². The van der Waals surface area contributed by atoms with Gasteiger partial charge in [-0.2, -0.15) is 0 Å². The molecule has 182 valence electrons. The first-order valence-electron chi connectivity index (χ1n) is 11.0. The maximum atomic E-state index is 13.2. The Bertz CT molecular complexity index is 1290. The molecule has 1 N–H and O–H groups in total. The number of aliphatic hydroxyl groups excluding tert-OH is 1. The molecule has 1 aliphatic heterocycles. The van der Waals surface area contributed by atoms with E-state index in [9.17, 15) is 14.7 Å². The van der Waals surface area contributed by atoms with Crippen LogP contribution in [0.3, 0.4) is 0 Å². The first kappa shape index (κ1) is 23.9. The van der Waals surface area contributed by atoms with Gasteiger partial charge in [0.25, 0.3) is 5.78 Å². The van der Waals surface area contributed by atoms with Crippen LogP contribution >= 0.6 is 0 Å². The summed E-state index contributed by atoms with van der Waals surface area (Å²) in [5.41, 5.74) is 0.796. The number of Topliss-reactive ketones (excluding diaryl/α,β-unsaturated/α-hetero) is 1. The average Bonchev–Trinajstić information content (AvgIpc) is 3.38. The van der Waals surface area contributed by atoms with Crippen LogP contribution in [0.2, 0.25) is 0 Å². The van der Waals surface area contributed by atoms with E-state index >= 15 is 0 Å². The van der Waals surface area contributed by atoms with E-state index in [2.05, 4.69) is 5.16 Å². The standard InChI is InChI=1S/C26H26N2O7/c1-14(2)34-18-9-6-16(7-10-18)24(29)22-23(17-8-11-19(32-4)20(13-17)33-5)28(26(31)25(22)30)21-12-15(3)35-27-21/h6-14,23,29H,1-5H3/b24-22+/t23-/m1/s1. The van der Waals surface area contributed by atoms with E-state index < -0.39 is 17.7 Å². The van der Waals surface area contributed by atoms with E-state index in [4.69, 9.17) is 18.7 Å². The summed E-state index contributed by atoms with van der Waals surface area (Å²) >= 11 is 0. The molecule has 0 saturated carbocycles. The molecule has 1 fully saturated rings. The van der Waals surface area contributed by atoms with E-state index in [1.807, 2.05) is 13.8 Å². The second-order valence-electron chi connectivity index (χ2n) is 8.27. The summed E-state index contributed by atoms with van der Waals surface area (Å²) in [7, 11) is 2.99. The molecule has 2 aromatic carbocycles. The van der Waals surface area contributed by atoms with Gasteiger partial charge in [0.2, 0.25) is 0 Å². The van der Waals surface area contributed by atoms with E-state index in [0.717, 1.165) is 0 Å². The lowest BCUT2D eigenvalue weighted by atomic mass is 9.95. The van der Waals surface area contributed by atoms with E-state index in [-0.39, 0.29) is 23.3 Å². The third kappa shape index (κ3) is 4.44. The maximum absolute atomic E-state index is 13.2. The second-order valence-corrected chi connectivity index (χ2v) is 8.27. The van der Waals surface area contributed by atoms with Crippen molar-refractivity contribution in [3.8, 4) is 17.2 Å². The van der Waals surface area contributed by atoms with Crippen molar-refractivity contribution in [1.82, 2.24) is 5.16 Å². The van der Waals surface area contributed by atoms with Gasteiger partial charge in [-0.15, -0.1) is 0 Å². The topological polar surface area (TPSA) is 111 Å². The zero-order valence-electron chi connectivity index (χ0n) is 20.1. The van der Waals surface area contributed by atoms with Gasteiger partial charge in [-0.3, -0.25) is 14.5 Å². The number of carbonyl (C=O) groups is 2. The highest BCUT2D eigenvalue weighted by atomic mass is 16.5. The Morgan fingerprint density at radius 2 is 1.71 bits per heavy atom. The molecule has 1 saturated heterocycles. The van der Waals surface area contributed by atoms with Gasteiger partial charge >= 0.3 is 5.91 Å². The maximum Gasteiger partial charge on any atom is 0.301 e. The van der Waals surface area contributed by atoms with Crippen molar-refractivity contribution < 1.29 is 33.4 Å². The number of benzene rings is 2. The molecule has 0 unspecified atom stereocenters. The number of aliphatic hydroxyl groups is 1. The predicted octanol–water partition coefficient (Wildman–Crippen LogP) is 4.41. The molecule has 1 atom stereocenters. The molecule has 35 heavy (non-hydrogen) atoms. The Morgan fingerprint density at radius 3 is 2.29 bits per heavy atom. The molecular formula is C26H26N2O7. The van der Waals surface area contributed by atoms with Gasteiger partial charge in [0.15, 0.2) is 17.3 Å². The third-order valence-corrected chi connectivity index (χ3v) is 5.53. The van der Waals surface area contributed by atoms with Crippen LogP contribution in [0.25, 0.3) is 5.76 Å². The number of aromatic nitrogens is 1. The largest absolute Gasteiger partial charge is 0.507 e. The van der Waals surface area contributed by atoms with E-state index in [1.165, 1.54) is 19.1 Å². The highest BCUT2D eigenvalue weighted by Gasteiger charge is 2.48. The minimum absolute atomic E-state index is 0.0178. The average molecular weight is 479 g/mol. The molecule has 2 heterocycles. The molecule has 0 spiro atoms. The Balaban J connectivity index is 1.88. The van der Waals surface area contributed by atoms with Crippen LogP contribution in [0.15, 0.2) is 58.6 Å². The number of carbonyl (C=O) groups excluding carboxylic acids is 2. The fourth-order valence-corrected chi connectivity index (χ4v) is 3.99. The minimum atomic E-state index is -0.981. The van der Waals surface area contributed by atoms with Crippen molar-refractivity contribution in [3.63, 3.8) is 0 Å². The highest BCUT2D eigenvalue weighted by molar-refractivity contribution is 6.51. The van der Waals surface area contributed by atoms with Crippen molar-refractivity contribution in [2.75, 3.05) is 19.1 Å².